The number of nitrogens with one attached hydrogen (secondary N) is 3. The third kappa shape index (κ3) is 2.62. The van der Waals surface area contributed by atoms with Gasteiger partial charge in [0.25, 0.3) is 0 Å². The Kier molecular flexibility index (Phi) is 3.50. The molecule has 7 N–H and O–H groups in total. The van der Waals surface area contributed by atoms with E-state index >= 15 is 0 Å². The van der Waals surface area contributed by atoms with Gasteiger partial charge in [-0.05, 0) is 24.3 Å². The average Bonchev–Trinajstić information content (AvgIpc) is 2.96. The first-order valence-corrected chi connectivity index (χ1v) is 6.99. The molecule has 1 aromatic heterocycles. The number of methoxy groups -OCH3 is 1. The van der Waals surface area contributed by atoms with E-state index in [-0.39, 0.29) is 11.7 Å². The Hall–Kier alpha value is -3.28. The molecule has 0 spiro atoms. The summed E-state index contributed by atoms with van der Waals surface area (Å²) in [5.74, 6) is 0.667. The van der Waals surface area contributed by atoms with E-state index in [1.807, 2.05) is 30.3 Å². The second-order valence-electron chi connectivity index (χ2n) is 5.23. The van der Waals surface area contributed by atoms with E-state index in [4.69, 9.17) is 27.0 Å². The predicted octanol–water partition coefficient (Wildman–Crippen LogP) is 2.41. The number of rotatable bonds is 4. The summed E-state index contributed by atoms with van der Waals surface area (Å²) in [6, 6.07) is 13.0. The Morgan fingerprint density at radius 3 is 2.26 bits per heavy atom. The summed E-state index contributed by atoms with van der Waals surface area (Å²) in [6.07, 6.45) is 0. The summed E-state index contributed by atoms with van der Waals surface area (Å²) in [6.45, 7) is 0. The molecule has 0 saturated heterocycles. The molecule has 0 atom stereocenters. The highest BCUT2D eigenvalue weighted by molar-refractivity contribution is 6.00. The van der Waals surface area contributed by atoms with Crippen LogP contribution in [0.4, 0.5) is 0 Å². The number of hydrogen-bond acceptors (Lipinski definition) is 3. The Bertz CT molecular complexity index is 926. The summed E-state index contributed by atoms with van der Waals surface area (Å²) in [5.41, 5.74) is 15.0. The lowest BCUT2D eigenvalue weighted by Crippen LogP contribution is -2.11. The third-order valence-corrected chi connectivity index (χ3v) is 3.74. The van der Waals surface area contributed by atoms with Gasteiger partial charge in [-0.25, -0.2) is 0 Å². The van der Waals surface area contributed by atoms with Crippen molar-refractivity contribution >= 4 is 22.6 Å². The van der Waals surface area contributed by atoms with Crippen LogP contribution in [0.5, 0.6) is 5.75 Å². The molecular weight excluding hydrogens is 290 g/mol. The number of nitrogens with two attached hydrogens (primary N) is 2. The fourth-order valence-electron chi connectivity index (χ4n) is 2.52. The van der Waals surface area contributed by atoms with Gasteiger partial charge in [0, 0.05) is 27.6 Å². The van der Waals surface area contributed by atoms with E-state index in [0.717, 1.165) is 22.2 Å². The highest BCUT2D eigenvalue weighted by Crippen LogP contribution is 2.32. The standard InChI is InChI=1S/C17H17N5O/c1-23-15-8-11(17(20)21)4-5-12(15)14-6-9-2-3-10(16(18)19)7-13(9)22-14/h2-8,22H,1H3,(H3,18,19)(H3,20,21). The number of amidine groups is 2. The SMILES string of the molecule is COc1cc(C(=N)N)ccc1-c1cc2ccc(C(=N)N)cc2[nH]1. The summed E-state index contributed by atoms with van der Waals surface area (Å²) < 4.78 is 5.42. The van der Waals surface area contributed by atoms with Crippen LogP contribution in [0, 0.1) is 10.8 Å². The maximum absolute atomic E-state index is 7.52. The van der Waals surface area contributed by atoms with E-state index in [1.54, 1.807) is 19.2 Å². The fourth-order valence-corrected chi connectivity index (χ4v) is 2.52. The van der Waals surface area contributed by atoms with Gasteiger partial charge in [-0.3, -0.25) is 10.8 Å². The number of H-pyrrole nitrogens is 1. The van der Waals surface area contributed by atoms with Gasteiger partial charge in [-0.1, -0.05) is 18.2 Å². The molecule has 23 heavy (non-hydrogen) atoms. The Morgan fingerprint density at radius 2 is 1.61 bits per heavy atom. The van der Waals surface area contributed by atoms with Crippen molar-refractivity contribution in [3.8, 4) is 17.0 Å². The van der Waals surface area contributed by atoms with Crippen LogP contribution in [0.1, 0.15) is 11.1 Å². The second kappa shape index (κ2) is 5.49. The summed E-state index contributed by atoms with van der Waals surface area (Å²) in [4.78, 5) is 3.31. The highest BCUT2D eigenvalue weighted by Gasteiger charge is 2.11. The van der Waals surface area contributed by atoms with Crippen molar-refractivity contribution < 1.29 is 4.74 Å². The van der Waals surface area contributed by atoms with E-state index < -0.39 is 0 Å². The van der Waals surface area contributed by atoms with Crippen LogP contribution < -0.4 is 16.2 Å². The minimum atomic E-state index is -0.00223. The maximum atomic E-state index is 7.52. The van der Waals surface area contributed by atoms with Crippen LogP contribution in [-0.2, 0) is 0 Å². The molecule has 116 valence electrons. The van der Waals surface area contributed by atoms with Gasteiger partial charge >= 0.3 is 0 Å². The third-order valence-electron chi connectivity index (χ3n) is 3.74. The molecule has 0 bridgehead atoms. The largest absolute Gasteiger partial charge is 0.496 e. The lowest BCUT2D eigenvalue weighted by atomic mass is 10.1. The molecule has 6 nitrogen and oxygen atoms in total. The zero-order chi connectivity index (χ0) is 16.6. The topological polar surface area (TPSA) is 125 Å². The van der Waals surface area contributed by atoms with Crippen LogP contribution in [-0.4, -0.2) is 23.8 Å². The van der Waals surface area contributed by atoms with Crippen LogP contribution >= 0.6 is 0 Å². The van der Waals surface area contributed by atoms with Crippen molar-refractivity contribution in [1.82, 2.24) is 4.98 Å². The summed E-state index contributed by atoms with van der Waals surface area (Å²) in [7, 11) is 1.58. The first-order valence-electron chi connectivity index (χ1n) is 6.99. The van der Waals surface area contributed by atoms with Gasteiger partial charge in [0.05, 0.1) is 12.8 Å². The van der Waals surface area contributed by atoms with Crippen LogP contribution in [0.25, 0.3) is 22.2 Å². The van der Waals surface area contributed by atoms with Gasteiger partial charge < -0.3 is 21.2 Å². The van der Waals surface area contributed by atoms with Crippen molar-refractivity contribution in [2.75, 3.05) is 7.11 Å². The Balaban J connectivity index is 2.12. The quantitative estimate of drug-likeness (QED) is 0.375. The van der Waals surface area contributed by atoms with Crippen LogP contribution in [0.15, 0.2) is 42.5 Å². The average molecular weight is 307 g/mol. The van der Waals surface area contributed by atoms with Crippen LogP contribution in [0.2, 0.25) is 0 Å². The van der Waals surface area contributed by atoms with Gasteiger partial charge in [0.15, 0.2) is 0 Å². The van der Waals surface area contributed by atoms with Gasteiger partial charge in [0.2, 0.25) is 0 Å². The zero-order valence-electron chi connectivity index (χ0n) is 12.6. The first-order chi connectivity index (χ1) is 11.0. The summed E-state index contributed by atoms with van der Waals surface area (Å²) in [5, 5.41) is 16.1. The lowest BCUT2D eigenvalue weighted by Gasteiger charge is -2.09. The molecule has 0 saturated carbocycles. The second-order valence-corrected chi connectivity index (χ2v) is 5.23. The van der Waals surface area contributed by atoms with E-state index in [9.17, 15) is 0 Å². The molecule has 1 heterocycles. The van der Waals surface area contributed by atoms with Crippen LogP contribution in [0.3, 0.4) is 0 Å². The van der Waals surface area contributed by atoms with Crippen molar-refractivity contribution in [3.05, 3.63) is 53.6 Å². The highest BCUT2D eigenvalue weighted by atomic mass is 16.5. The molecule has 6 heteroatoms. The molecule has 0 radical (unpaired) electrons. The van der Waals surface area contributed by atoms with Gasteiger partial charge in [-0.2, -0.15) is 0 Å². The molecule has 3 aromatic rings. The molecule has 0 unspecified atom stereocenters. The molecule has 0 amide bonds. The molecule has 0 aliphatic carbocycles. The van der Waals surface area contributed by atoms with Crippen molar-refractivity contribution in [1.29, 1.82) is 10.8 Å². The molecular formula is C17H17N5O. The number of fused-ring (bicyclic) bond motifs is 1. The van der Waals surface area contributed by atoms with E-state index in [0.29, 0.717) is 16.9 Å². The smallest absolute Gasteiger partial charge is 0.128 e. The van der Waals surface area contributed by atoms with Crippen molar-refractivity contribution in [3.63, 3.8) is 0 Å². The molecule has 0 fully saturated rings. The number of hydrogen-bond donors (Lipinski definition) is 5. The van der Waals surface area contributed by atoms with Crippen molar-refractivity contribution in [2.24, 2.45) is 11.5 Å². The van der Waals surface area contributed by atoms with Gasteiger partial charge in [0.1, 0.15) is 17.4 Å². The minimum Gasteiger partial charge on any atom is -0.496 e. The Labute approximate surface area is 133 Å². The number of nitrogen functional groups attached to an aromatic ring is 2. The first kappa shape index (κ1) is 14.6. The molecule has 0 aliphatic rings. The monoisotopic (exact) mass is 307 g/mol. The predicted molar refractivity (Wildman–Crippen MR) is 92.3 cm³/mol. The number of benzene rings is 2. The van der Waals surface area contributed by atoms with E-state index in [2.05, 4.69) is 4.98 Å². The van der Waals surface area contributed by atoms with Gasteiger partial charge in [-0.15, -0.1) is 0 Å². The normalized spacial score (nSPS) is 10.7. The summed E-state index contributed by atoms with van der Waals surface area (Å²) >= 11 is 0. The fraction of sp³-hybridized carbons (Fsp3) is 0.0588. The molecule has 0 aliphatic heterocycles. The number of ether oxygens (including phenoxy) is 1. The lowest BCUT2D eigenvalue weighted by molar-refractivity contribution is 0.416. The number of aromatic nitrogens is 1. The van der Waals surface area contributed by atoms with E-state index in [1.165, 1.54) is 0 Å². The van der Waals surface area contributed by atoms with Crippen molar-refractivity contribution in [2.45, 2.75) is 0 Å². The zero-order valence-corrected chi connectivity index (χ0v) is 12.6. The molecule has 2 aromatic carbocycles. The molecule has 3 rings (SSSR count). The minimum absolute atomic E-state index is 0.00223. The maximum Gasteiger partial charge on any atom is 0.128 e. The Morgan fingerprint density at radius 1 is 0.957 bits per heavy atom. The number of aromatic amines is 1.